The van der Waals surface area contributed by atoms with Crippen molar-refractivity contribution in [2.45, 2.75) is 13.1 Å². The first kappa shape index (κ1) is 15.3. The van der Waals surface area contributed by atoms with Crippen molar-refractivity contribution in [3.63, 3.8) is 0 Å². The van der Waals surface area contributed by atoms with Gasteiger partial charge in [-0.1, -0.05) is 29.8 Å². The van der Waals surface area contributed by atoms with Gasteiger partial charge in [0, 0.05) is 5.56 Å². The second-order valence-electron chi connectivity index (χ2n) is 5.17. The zero-order valence-electron chi connectivity index (χ0n) is 12.1. The van der Waals surface area contributed by atoms with Gasteiger partial charge >= 0.3 is 6.18 Å². The molecule has 1 aromatic heterocycles. The van der Waals surface area contributed by atoms with Gasteiger partial charge in [-0.3, -0.25) is 0 Å². The van der Waals surface area contributed by atoms with Crippen molar-refractivity contribution in [3.8, 4) is 16.9 Å². The molecule has 0 aliphatic carbocycles. The largest absolute Gasteiger partial charge is 0.435 e. The van der Waals surface area contributed by atoms with E-state index in [0.29, 0.717) is 16.9 Å². The number of alkyl halides is 3. The highest BCUT2D eigenvalue weighted by Crippen LogP contribution is 2.33. The summed E-state index contributed by atoms with van der Waals surface area (Å²) >= 11 is 0. The van der Waals surface area contributed by atoms with Crippen molar-refractivity contribution in [3.05, 3.63) is 71.7 Å². The number of rotatable bonds is 2. The number of aryl methyl sites for hydroxylation is 1. The second-order valence-corrected chi connectivity index (χ2v) is 5.17. The maximum Gasteiger partial charge on any atom is 0.435 e. The van der Waals surface area contributed by atoms with Crippen LogP contribution >= 0.6 is 0 Å². The van der Waals surface area contributed by atoms with Gasteiger partial charge in [-0.25, -0.2) is 9.07 Å². The van der Waals surface area contributed by atoms with E-state index < -0.39 is 17.7 Å². The fourth-order valence-corrected chi connectivity index (χ4v) is 2.23. The van der Waals surface area contributed by atoms with Crippen LogP contribution in [0.25, 0.3) is 16.9 Å². The highest BCUT2D eigenvalue weighted by atomic mass is 19.4. The van der Waals surface area contributed by atoms with Gasteiger partial charge in [0.1, 0.15) is 5.82 Å². The molecular weight excluding hydrogens is 308 g/mol. The lowest BCUT2D eigenvalue weighted by Crippen LogP contribution is -2.07. The third kappa shape index (κ3) is 3.11. The van der Waals surface area contributed by atoms with Crippen molar-refractivity contribution in [1.29, 1.82) is 0 Å². The number of hydrogen-bond donors (Lipinski definition) is 0. The fourth-order valence-electron chi connectivity index (χ4n) is 2.23. The lowest BCUT2D eigenvalue weighted by molar-refractivity contribution is -0.141. The molecule has 3 rings (SSSR count). The molecular formula is C17H12F4N2. The van der Waals surface area contributed by atoms with E-state index in [-0.39, 0.29) is 0 Å². The smallest absolute Gasteiger partial charge is 0.233 e. The lowest BCUT2D eigenvalue weighted by Gasteiger charge is -2.08. The molecule has 0 bridgehead atoms. The highest BCUT2D eigenvalue weighted by molar-refractivity contribution is 5.63. The van der Waals surface area contributed by atoms with E-state index in [1.807, 2.05) is 19.1 Å². The van der Waals surface area contributed by atoms with Crippen LogP contribution in [0.5, 0.6) is 0 Å². The summed E-state index contributed by atoms with van der Waals surface area (Å²) in [5.41, 5.74) is 1.26. The molecule has 0 aliphatic rings. The molecule has 118 valence electrons. The lowest BCUT2D eigenvalue weighted by atomic mass is 10.1. The zero-order valence-corrected chi connectivity index (χ0v) is 12.1. The molecule has 0 radical (unpaired) electrons. The molecule has 0 spiro atoms. The van der Waals surface area contributed by atoms with Crippen LogP contribution in [0, 0.1) is 12.7 Å². The van der Waals surface area contributed by atoms with Gasteiger partial charge in [-0.2, -0.15) is 18.3 Å². The van der Waals surface area contributed by atoms with Crippen LogP contribution in [0.4, 0.5) is 17.6 Å². The second kappa shape index (κ2) is 5.53. The molecule has 0 saturated heterocycles. The predicted molar refractivity (Wildman–Crippen MR) is 78.7 cm³/mol. The molecule has 0 fully saturated rings. The Labute approximate surface area is 130 Å². The first-order valence-corrected chi connectivity index (χ1v) is 6.85. The fraction of sp³-hybridized carbons (Fsp3) is 0.118. The Kier molecular flexibility index (Phi) is 3.67. The van der Waals surface area contributed by atoms with Crippen LogP contribution in [0.15, 0.2) is 54.6 Å². The van der Waals surface area contributed by atoms with Crippen LogP contribution in [0.3, 0.4) is 0 Å². The standard InChI is InChI=1S/C17H12F4N2/c1-11-2-4-12(5-3-11)15-10-16(17(19,20)21)22-23(15)14-8-6-13(18)7-9-14/h2-10H,1H3. The topological polar surface area (TPSA) is 17.8 Å². The molecule has 2 nitrogen and oxygen atoms in total. The van der Waals surface area contributed by atoms with E-state index in [9.17, 15) is 17.6 Å². The Balaban J connectivity index is 2.18. The summed E-state index contributed by atoms with van der Waals surface area (Å²) in [5, 5.41) is 3.65. The molecule has 0 amide bonds. The van der Waals surface area contributed by atoms with Gasteiger partial charge in [-0.05, 0) is 37.3 Å². The summed E-state index contributed by atoms with van der Waals surface area (Å²) in [6.45, 7) is 1.89. The van der Waals surface area contributed by atoms with Gasteiger partial charge in [0.05, 0.1) is 11.4 Å². The molecule has 3 aromatic rings. The summed E-state index contributed by atoms with van der Waals surface area (Å²) in [5.74, 6) is -0.464. The van der Waals surface area contributed by atoms with Gasteiger partial charge < -0.3 is 0 Å². The summed E-state index contributed by atoms with van der Waals surface area (Å²) in [6.07, 6.45) is -4.55. The monoisotopic (exact) mass is 320 g/mol. The zero-order chi connectivity index (χ0) is 16.6. The molecule has 6 heteroatoms. The minimum atomic E-state index is -4.55. The van der Waals surface area contributed by atoms with E-state index in [2.05, 4.69) is 5.10 Å². The molecule has 23 heavy (non-hydrogen) atoms. The number of aromatic nitrogens is 2. The van der Waals surface area contributed by atoms with Crippen LogP contribution < -0.4 is 0 Å². The molecule has 0 unspecified atom stereocenters. The Morgan fingerprint density at radius 3 is 2.09 bits per heavy atom. The van der Waals surface area contributed by atoms with E-state index in [1.54, 1.807) is 12.1 Å². The normalized spacial score (nSPS) is 11.7. The average molecular weight is 320 g/mol. The maximum absolute atomic E-state index is 13.1. The van der Waals surface area contributed by atoms with Crippen LogP contribution in [-0.2, 0) is 6.18 Å². The maximum atomic E-state index is 13.1. The summed E-state index contributed by atoms with van der Waals surface area (Å²) in [7, 11) is 0. The quantitative estimate of drug-likeness (QED) is 0.607. The minimum Gasteiger partial charge on any atom is -0.233 e. The molecule has 0 saturated carbocycles. The van der Waals surface area contributed by atoms with E-state index in [4.69, 9.17) is 0 Å². The van der Waals surface area contributed by atoms with Crippen molar-refractivity contribution in [2.75, 3.05) is 0 Å². The van der Waals surface area contributed by atoms with Gasteiger partial charge in [-0.15, -0.1) is 0 Å². The molecule has 0 aliphatic heterocycles. The first-order chi connectivity index (χ1) is 10.8. The van der Waals surface area contributed by atoms with Crippen molar-refractivity contribution in [2.24, 2.45) is 0 Å². The number of hydrogen-bond acceptors (Lipinski definition) is 1. The van der Waals surface area contributed by atoms with Crippen molar-refractivity contribution >= 4 is 0 Å². The molecule has 1 heterocycles. The Morgan fingerprint density at radius 2 is 1.52 bits per heavy atom. The predicted octanol–water partition coefficient (Wildman–Crippen LogP) is 5.01. The van der Waals surface area contributed by atoms with Crippen molar-refractivity contribution < 1.29 is 17.6 Å². The summed E-state index contributed by atoms with van der Waals surface area (Å²) < 4.78 is 53.2. The van der Waals surface area contributed by atoms with Crippen molar-refractivity contribution in [1.82, 2.24) is 9.78 Å². The highest BCUT2D eigenvalue weighted by Gasteiger charge is 2.35. The molecule has 0 N–H and O–H groups in total. The van der Waals surface area contributed by atoms with Gasteiger partial charge in [0.2, 0.25) is 0 Å². The Morgan fingerprint density at radius 1 is 0.913 bits per heavy atom. The molecule has 2 aromatic carbocycles. The SMILES string of the molecule is Cc1ccc(-c2cc(C(F)(F)F)nn2-c2ccc(F)cc2)cc1. The average Bonchev–Trinajstić information content (AvgIpc) is 2.94. The number of nitrogens with zero attached hydrogens (tertiary/aromatic N) is 2. The van der Waals surface area contributed by atoms with E-state index >= 15 is 0 Å². The minimum absolute atomic E-state index is 0.295. The number of benzene rings is 2. The third-order valence-electron chi connectivity index (χ3n) is 3.42. The number of halogens is 4. The van der Waals surface area contributed by atoms with E-state index in [0.717, 1.165) is 11.6 Å². The van der Waals surface area contributed by atoms with Crippen LogP contribution in [-0.4, -0.2) is 9.78 Å². The van der Waals surface area contributed by atoms with Gasteiger partial charge in [0.15, 0.2) is 5.69 Å². The summed E-state index contributed by atoms with van der Waals surface area (Å²) in [4.78, 5) is 0. The summed E-state index contributed by atoms with van der Waals surface area (Å²) in [6, 6.07) is 13.2. The van der Waals surface area contributed by atoms with Crippen LogP contribution in [0.1, 0.15) is 11.3 Å². The first-order valence-electron chi connectivity index (χ1n) is 6.85. The van der Waals surface area contributed by atoms with E-state index in [1.165, 1.54) is 28.9 Å². The Hall–Kier alpha value is -2.63. The third-order valence-corrected chi connectivity index (χ3v) is 3.42. The molecule has 0 atom stereocenters. The van der Waals surface area contributed by atoms with Crippen LogP contribution in [0.2, 0.25) is 0 Å². The Bertz CT molecular complexity index is 752. The van der Waals surface area contributed by atoms with Gasteiger partial charge in [0.25, 0.3) is 0 Å².